The summed E-state index contributed by atoms with van der Waals surface area (Å²) in [5, 5.41) is 57.0. The highest BCUT2D eigenvalue weighted by atomic mass is 16.7. The van der Waals surface area contributed by atoms with Crippen molar-refractivity contribution in [1.82, 2.24) is 5.32 Å². The molecule has 11 nitrogen and oxygen atoms in total. The molecule has 1 rings (SSSR count). The first-order valence-electron chi connectivity index (χ1n) is 32.9. The van der Waals surface area contributed by atoms with Crippen LogP contribution in [0.2, 0.25) is 0 Å². The number of aliphatic hydroxyl groups excluding tert-OH is 5. The van der Waals surface area contributed by atoms with Crippen LogP contribution in [0.4, 0.5) is 0 Å². The molecule has 456 valence electrons. The minimum Gasteiger partial charge on any atom is -0.454 e. The number of amides is 1. The number of rotatable bonds is 56. The van der Waals surface area contributed by atoms with Crippen molar-refractivity contribution in [2.45, 2.75) is 352 Å². The molecule has 8 unspecified atom stereocenters. The monoisotopic (exact) mass is 1100 g/mol. The summed E-state index contributed by atoms with van der Waals surface area (Å²) in [4.78, 5) is 26.6. The van der Waals surface area contributed by atoms with Crippen LogP contribution in [0.1, 0.15) is 303 Å². The molecule has 0 radical (unpaired) electrons. The Morgan fingerprint density at radius 1 is 0.513 bits per heavy atom. The van der Waals surface area contributed by atoms with E-state index in [1.807, 2.05) is 6.08 Å². The first kappa shape index (κ1) is 73.6. The second-order valence-electron chi connectivity index (χ2n) is 22.8. The van der Waals surface area contributed by atoms with Gasteiger partial charge in [-0.25, -0.2) is 0 Å². The molecule has 0 bridgehead atoms. The van der Waals surface area contributed by atoms with Gasteiger partial charge in [0.25, 0.3) is 0 Å². The molecule has 0 saturated carbocycles. The third-order valence-electron chi connectivity index (χ3n) is 15.5. The lowest BCUT2D eigenvalue weighted by atomic mass is 9.99. The van der Waals surface area contributed by atoms with Crippen LogP contribution in [0.3, 0.4) is 0 Å². The van der Waals surface area contributed by atoms with Crippen molar-refractivity contribution in [3.8, 4) is 0 Å². The lowest BCUT2D eigenvalue weighted by molar-refractivity contribution is -0.305. The van der Waals surface area contributed by atoms with Gasteiger partial charge in [-0.3, -0.25) is 9.59 Å². The van der Waals surface area contributed by atoms with E-state index in [4.69, 9.17) is 14.2 Å². The summed E-state index contributed by atoms with van der Waals surface area (Å²) in [6.07, 6.45) is 57.3. The number of hydrogen-bond acceptors (Lipinski definition) is 10. The molecule has 8 atom stereocenters. The smallest absolute Gasteiger partial charge is 0.306 e. The number of unbranched alkanes of at least 4 members (excludes halogenated alkanes) is 36. The molecule has 1 aliphatic heterocycles. The van der Waals surface area contributed by atoms with Crippen molar-refractivity contribution in [2.24, 2.45) is 0 Å². The van der Waals surface area contributed by atoms with Crippen molar-refractivity contribution < 1.29 is 49.3 Å². The zero-order valence-electron chi connectivity index (χ0n) is 50.5. The average Bonchev–Trinajstić information content (AvgIpc) is 3.44. The summed E-state index contributed by atoms with van der Waals surface area (Å²) < 4.78 is 17.7. The van der Waals surface area contributed by atoms with Crippen LogP contribution < -0.4 is 5.32 Å². The van der Waals surface area contributed by atoms with Gasteiger partial charge in [-0.05, 0) is 77.0 Å². The van der Waals surface area contributed by atoms with Crippen molar-refractivity contribution in [3.63, 3.8) is 0 Å². The van der Waals surface area contributed by atoms with Crippen molar-refractivity contribution in [1.29, 1.82) is 0 Å². The van der Waals surface area contributed by atoms with E-state index in [1.54, 1.807) is 6.08 Å². The third kappa shape index (κ3) is 42.5. The summed E-state index contributed by atoms with van der Waals surface area (Å²) in [6, 6.07) is -1.03. The van der Waals surface area contributed by atoms with Crippen LogP contribution in [0.15, 0.2) is 48.6 Å². The highest BCUT2D eigenvalue weighted by molar-refractivity contribution is 5.80. The number of allylic oxidation sites excluding steroid dienone is 7. The molecule has 1 fully saturated rings. The van der Waals surface area contributed by atoms with Crippen molar-refractivity contribution >= 4 is 11.9 Å². The van der Waals surface area contributed by atoms with Gasteiger partial charge in [-0.1, -0.05) is 268 Å². The lowest BCUT2D eigenvalue weighted by Crippen LogP contribution is -2.61. The van der Waals surface area contributed by atoms with E-state index in [9.17, 15) is 35.1 Å². The lowest BCUT2D eigenvalue weighted by Gasteiger charge is -2.41. The van der Waals surface area contributed by atoms with Crippen LogP contribution in [0, 0.1) is 0 Å². The van der Waals surface area contributed by atoms with Crippen molar-refractivity contribution in [3.05, 3.63) is 48.6 Å². The van der Waals surface area contributed by atoms with Gasteiger partial charge in [-0.15, -0.1) is 0 Å². The topological polar surface area (TPSA) is 175 Å². The van der Waals surface area contributed by atoms with Crippen LogP contribution in [-0.2, 0) is 23.8 Å². The average molecular weight is 1100 g/mol. The Morgan fingerprint density at radius 3 is 1.38 bits per heavy atom. The normalized spacial score (nSPS) is 19.2. The Kier molecular flexibility index (Phi) is 52.1. The van der Waals surface area contributed by atoms with Crippen molar-refractivity contribution in [2.75, 3.05) is 13.2 Å². The fraction of sp³-hybridized carbons (Fsp3) is 0.851. The first-order valence-corrected chi connectivity index (χ1v) is 32.9. The van der Waals surface area contributed by atoms with Gasteiger partial charge in [0.15, 0.2) is 12.4 Å². The Balaban J connectivity index is 2.60. The zero-order chi connectivity index (χ0) is 56.8. The van der Waals surface area contributed by atoms with Gasteiger partial charge >= 0.3 is 5.97 Å². The molecule has 1 amide bonds. The van der Waals surface area contributed by atoms with E-state index in [-0.39, 0.29) is 19.4 Å². The molecular weight excluding hydrogens is 979 g/mol. The van der Waals surface area contributed by atoms with Gasteiger partial charge in [0.1, 0.15) is 24.4 Å². The maximum Gasteiger partial charge on any atom is 0.306 e. The summed E-state index contributed by atoms with van der Waals surface area (Å²) in [5.41, 5.74) is 0. The number of carbonyl (C=O) groups excluding carboxylic acids is 2. The fourth-order valence-electron chi connectivity index (χ4n) is 10.3. The largest absolute Gasteiger partial charge is 0.454 e. The predicted molar refractivity (Wildman–Crippen MR) is 324 cm³/mol. The van der Waals surface area contributed by atoms with E-state index in [0.29, 0.717) is 12.8 Å². The van der Waals surface area contributed by atoms with Crippen LogP contribution in [0.5, 0.6) is 0 Å². The summed E-state index contributed by atoms with van der Waals surface area (Å²) >= 11 is 0. The molecular formula is C67H123NO10. The molecule has 1 saturated heterocycles. The SMILES string of the molecule is CC/C=C/C/C=C/CCCCCCCCC(O)C(=O)NC(COC1OC(CO)C(O)C(O)C1OC(=O)CCCCCCCCCCCCCCC/C=C/CCCCCCCC)C(O)/C=C/CCCCCCCCCCCCC. The zero-order valence-corrected chi connectivity index (χ0v) is 50.5. The maximum atomic E-state index is 13.4. The summed E-state index contributed by atoms with van der Waals surface area (Å²) in [6.45, 7) is 5.70. The van der Waals surface area contributed by atoms with Gasteiger partial charge in [0.2, 0.25) is 5.91 Å². The molecule has 1 aliphatic rings. The van der Waals surface area contributed by atoms with E-state index in [0.717, 1.165) is 89.9 Å². The Morgan fingerprint density at radius 2 is 0.923 bits per heavy atom. The molecule has 0 spiro atoms. The second-order valence-corrected chi connectivity index (χ2v) is 22.8. The predicted octanol–water partition coefficient (Wildman–Crippen LogP) is 16.0. The molecule has 1 heterocycles. The quantitative estimate of drug-likeness (QED) is 0.0195. The minimum absolute atomic E-state index is 0.124. The third-order valence-corrected chi connectivity index (χ3v) is 15.5. The maximum absolute atomic E-state index is 13.4. The Labute approximate surface area is 478 Å². The standard InChI is InChI=1S/C67H123NO10/c1-4-7-10-13-16-19-22-25-26-27-28-29-30-31-32-33-34-37-40-43-46-49-52-55-62(72)78-65-64(74)63(73)61(56-69)77-67(65)76-57-58(59(70)53-50-47-44-41-38-35-23-20-17-14-11-8-5-2)68-66(75)60(71)54-51-48-45-42-39-36-24-21-18-15-12-9-6-3/h9,12,18,21,25-26,50,53,58-61,63-65,67,69-71,73-74H,4-8,10-11,13-17,19-20,22-24,27-49,51-52,54-57H2,1-3H3,(H,68,75)/b12-9+,21-18+,26-25+,53-50+. The molecule has 0 aliphatic carbocycles. The highest BCUT2D eigenvalue weighted by Crippen LogP contribution is 2.26. The highest BCUT2D eigenvalue weighted by Gasteiger charge is 2.47. The first-order chi connectivity index (χ1) is 38.2. The van der Waals surface area contributed by atoms with E-state index >= 15 is 0 Å². The van der Waals surface area contributed by atoms with Gasteiger partial charge < -0.3 is 45.1 Å². The number of esters is 1. The number of ether oxygens (including phenoxy) is 3. The Hall–Kier alpha value is -2.38. The number of aliphatic hydroxyl groups is 5. The molecule has 6 N–H and O–H groups in total. The van der Waals surface area contributed by atoms with Gasteiger partial charge in [0, 0.05) is 6.42 Å². The summed E-state index contributed by atoms with van der Waals surface area (Å²) in [5.74, 6) is -1.20. The minimum atomic E-state index is -1.61. The number of nitrogens with one attached hydrogen (secondary N) is 1. The fourth-order valence-corrected chi connectivity index (χ4v) is 10.3. The number of hydrogen-bond donors (Lipinski definition) is 6. The van der Waals surface area contributed by atoms with Crippen LogP contribution in [-0.4, -0.2) is 99.6 Å². The number of carbonyl (C=O) groups is 2. The Bertz CT molecular complexity index is 1450. The van der Waals surface area contributed by atoms with E-state index in [2.05, 4.69) is 62.5 Å². The molecule has 0 aromatic carbocycles. The van der Waals surface area contributed by atoms with E-state index in [1.165, 1.54) is 167 Å². The molecule has 0 aromatic rings. The molecule has 11 heteroatoms. The molecule has 78 heavy (non-hydrogen) atoms. The molecule has 0 aromatic heterocycles. The second kappa shape index (κ2) is 55.2. The summed E-state index contributed by atoms with van der Waals surface area (Å²) in [7, 11) is 0. The van der Waals surface area contributed by atoms with E-state index < -0.39 is 67.4 Å². The van der Waals surface area contributed by atoms with Crippen LogP contribution in [0.25, 0.3) is 0 Å². The van der Waals surface area contributed by atoms with Gasteiger partial charge in [-0.2, -0.15) is 0 Å². The van der Waals surface area contributed by atoms with Gasteiger partial charge in [0.05, 0.1) is 25.4 Å². The van der Waals surface area contributed by atoms with Crippen LogP contribution >= 0.6 is 0 Å².